The lowest BCUT2D eigenvalue weighted by molar-refractivity contribution is -0.383. The van der Waals surface area contributed by atoms with Crippen molar-refractivity contribution in [2.45, 2.75) is 52.0 Å². The van der Waals surface area contributed by atoms with Gasteiger partial charge in [-0.2, -0.15) is 0 Å². The summed E-state index contributed by atoms with van der Waals surface area (Å²) in [5, 5.41) is 15.1. The van der Waals surface area contributed by atoms with E-state index in [0.29, 0.717) is 12.3 Å². The Hall–Kier alpha value is -3.43. The zero-order chi connectivity index (χ0) is 22.8. The van der Waals surface area contributed by atoms with Crippen molar-refractivity contribution in [2.75, 3.05) is 29.9 Å². The van der Waals surface area contributed by atoms with Gasteiger partial charge in [-0.15, -0.1) is 0 Å². The topological polar surface area (TPSA) is 124 Å². The largest absolute Gasteiger partial charge is 0.467 e. The monoisotopic (exact) mass is 443 g/mol. The number of nitrogens with one attached hydrogen (secondary N) is 1. The number of hydrogen-bond donors (Lipinski definition) is 1. The molecule has 0 unspecified atom stereocenters. The SMILES string of the molecule is CCOC(=O)CCN(Cc1ccco1)c1ncnc(NCCC2=CCCCC2)c1[N+](=O)[O-]. The fraction of sp³-hybridized carbons (Fsp3) is 0.500. The van der Waals surface area contributed by atoms with Gasteiger partial charge in [0.1, 0.15) is 12.1 Å². The van der Waals surface area contributed by atoms with Gasteiger partial charge in [-0.3, -0.25) is 14.9 Å². The first-order chi connectivity index (χ1) is 15.6. The Morgan fingerprint density at radius 3 is 2.94 bits per heavy atom. The van der Waals surface area contributed by atoms with Crippen molar-refractivity contribution < 1.29 is 18.9 Å². The summed E-state index contributed by atoms with van der Waals surface area (Å²) in [5.41, 5.74) is 1.15. The number of carbonyl (C=O) groups is 1. The average Bonchev–Trinajstić information content (AvgIpc) is 3.30. The van der Waals surface area contributed by atoms with Gasteiger partial charge in [0.15, 0.2) is 0 Å². The fourth-order valence-corrected chi connectivity index (χ4v) is 3.68. The van der Waals surface area contributed by atoms with E-state index in [4.69, 9.17) is 9.15 Å². The van der Waals surface area contributed by atoms with Crippen molar-refractivity contribution in [1.82, 2.24) is 9.97 Å². The molecule has 3 rings (SSSR count). The molecule has 32 heavy (non-hydrogen) atoms. The lowest BCUT2D eigenvalue weighted by atomic mass is 9.97. The molecule has 0 amide bonds. The second kappa shape index (κ2) is 11.8. The van der Waals surface area contributed by atoms with Gasteiger partial charge >= 0.3 is 11.7 Å². The minimum Gasteiger partial charge on any atom is -0.467 e. The molecule has 1 aliphatic rings. The smallest absolute Gasteiger partial charge is 0.353 e. The van der Waals surface area contributed by atoms with E-state index >= 15 is 0 Å². The minimum atomic E-state index is -0.489. The van der Waals surface area contributed by atoms with Gasteiger partial charge in [-0.25, -0.2) is 9.97 Å². The summed E-state index contributed by atoms with van der Waals surface area (Å²) >= 11 is 0. The molecule has 0 aliphatic heterocycles. The van der Waals surface area contributed by atoms with Gasteiger partial charge in [-0.05, 0) is 51.2 Å². The Bertz CT molecular complexity index is 929. The fourth-order valence-electron chi connectivity index (χ4n) is 3.68. The molecule has 0 aromatic carbocycles. The summed E-state index contributed by atoms with van der Waals surface area (Å²) in [6, 6.07) is 3.50. The molecule has 1 aliphatic carbocycles. The highest BCUT2D eigenvalue weighted by molar-refractivity contribution is 5.73. The normalized spacial score (nSPS) is 13.3. The Labute approximate surface area is 186 Å². The predicted octanol–water partition coefficient (Wildman–Crippen LogP) is 4.24. The highest BCUT2D eigenvalue weighted by Crippen LogP contribution is 2.33. The maximum atomic E-state index is 12.0. The van der Waals surface area contributed by atoms with Crippen LogP contribution in [0.1, 0.15) is 51.2 Å². The molecular formula is C22H29N5O5. The van der Waals surface area contributed by atoms with Gasteiger partial charge < -0.3 is 19.4 Å². The number of anilines is 2. The predicted molar refractivity (Wildman–Crippen MR) is 119 cm³/mol. The summed E-state index contributed by atoms with van der Waals surface area (Å²) in [7, 11) is 0. The first-order valence-corrected chi connectivity index (χ1v) is 10.9. The highest BCUT2D eigenvalue weighted by Gasteiger charge is 2.28. The minimum absolute atomic E-state index is 0.0621. The molecule has 2 heterocycles. The molecule has 0 radical (unpaired) electrons. The lowest BCUT2D eigenvalue weighted by Gasteiger charge is -2.22. The summed E-state index contributed by atoms with van der Waals surface area (Å²) in [6.45, 7) is 2.95. The zero-order valence-corrected chi connectivity index (χ0v) is 18.3. The molecule has 0 atom stereocenters. The third-order valence-corrected chi connectivity index (χ3v) is 5.23. The van der Waals surface area contributed by atoms with Crippen molar-refractivity contribution in [3.8, 4) is 0 Å². The average molecular weight is 444 g/mol. The first-order valence-electron chi connectivity index (χ1n) is 10.9. The Morgan fingerprint density at radius 2 is 2.25 bits per heavy atom. The second-order valence-electron chi connectivity index (χ2n) is 7.49. The molecule has 1 N–H and O–H groups in total. The Morgan fingerprint density at radius 1 is 1.38 bits per heavy atom. The molecule has 0 bridgehead atoms. The Balaban J connectivity index is 1.80. The van der Waals surface area contributed by atoms with Crippen LogP contribution in [-0.4, -0.2) is 40.6 Å². The van der Waals surface area contributed by atoms with Crippen molar-refractivity contribution in [2.24, 2.45) is 0 Å². The first kappa shape index (κ1) is 23.2. The maximum absolute atomic E-state index is 12.0. The highest BCUT2D eigenvalue weighted by atomic mass is 16.6. The molecule has 2 aromatic heterocycles. The molecule has 0 spiro atoms. The molecule has 172 valence electrons. The summed E-state index contributed by atoms with van der Waals surface area (Å²) in [4.78, 5) is 33.4. The van der Waals surface area contributed by atoms with Crippen molar-refractivity contribution >= 4 is 23.3 Å². The summed E-state index contributed by atoms with van der Waals surface area (Å²) < 4.78 is 10.4. The van der Waals surface area contributed by atoms with Crippen LogP contribution in [0.15, 0.2) is 40.8 Å². The summed E-state index contributed by atoms with van der Waals surface area (Å²) in [5.74, 6) is 0.510. The third kappa shape index (κ3) is 6.53. The van der Waals surface area contributed by atoms with Gasteiger partial charge in [0.05, 0.1) is 30.8 Å². The van der Waals surface area contributed by atoms with E-state index in [2.05, 4.69) is 21.4 Å². The van der Waals surface area contributed by atoms with Crippen LogP contribution >= 0.6 is 0 Å². The number of nitrogens with zero attached hydrogens (tertiary/aromatic N) is 4. The zero-order valence-electron chi connectivity index (χ0n) is 18.3. The lowest BCUT2D eigenvalue weighted by Crippen LogP contribution is -2.28. The van der Waals surface area contributed by atoms with Crippen LogP contribution in [0.4, 0.5) is 17.3 Å². The number of carbonyl (C=O) groups excluding carboxylic acids is 1. The van der Waals surface area contributed by atoms with Crippen LogP contribution in [0.3, 0.4) is 0 Å². The van der Waals surface area contributed by atoms with Crippen LogP contribution < -0.4 is 10.2 Å². The number of hydrogen-bond acceptors (Lipinski definition) is 9. The quantitative estimate of drug-likeness (QED) is 0.222. The van der Waals surface area contributed by atoms with E-state index in [9.17, 15) is 14.9 Å². The van der Waals surface area contributed by atoms with Crippen LogP contribution in [0, 0.1) is 10.1 Å². The number of nitro groups is 1. The van der Waals surface area contributed by atoms with E-state index in [1.807, 2.05) is 0 Å². The number of rotatable bonds is 12. The number of aromatic nitrogens is 2. The third-order valence-electron chi connectivity index (χ3n) is 5.23. The van der Waals surface area contributed by atoms with Crippen LogP contribution in [-0.2, 0) is 16.1 Å². The van der Waals surface area contributed by atoms with Gasteiger partial charge in [-0.1, -0.05) is 11.6 Å². The van der Waals surface area contributed by atoms with Gasteiger partial charge in [0.2, 0.25) is 11.6 Å². The molecule has 0 saturated carbocycles. The van der Waals surface area contributed by atoms with Crippen LogP contribution in [0.25, 0.3) is 0 Å². The van der Waals surface area contributed by atoms with E-state index in [1.165, 1.54) is 31.0 Å². The van der Waals surface area contributed by atoms with Gasteiger partial charge in [0, 0.05) is 13.1 Å². The number of esters is 1. The van der Waals surface area contributed by atoms with Gasteiger partial charge in [0.25, 0.3) is 0 Å². The van der Waals surface area contributed by atoms with E-state index in [0.717, 1.165) is 19.3 Å². The molecule has 10 nitrogen and oxygen atoms in total. The molecule has 0 saturated heterocycles. The number of ether oxygens (including phenoxy) is 1. The molecular weight excluding hydrogens is 414 g/mol. The standard InChI is InChI=1S/C22H29N5O5/c1-2-31-19(28)11-13-26(15-18-9-6-14-32-18)22-20(27(29)30)21(24-16-25-22)23-12-10-17-7-4-3-5-8-17/h6-7,9,14,16H,2-5,8,10-13,15H2,1H3,(H,23,24,25). The van der Waals surface area contributed by atoms with Crippen LogP contribution in [0.2, 0.25) is 0 Å². The Kier molecular flexibility index (Phi) is 8.59. The van der Waals surface area contributed by atoms with Crippen LogP contribution in [0.5, 0.6) is 0 Å². The number of furan rings is 1. The molecule has 10 heteroatoms. The second-order valence-corrected chi connectivity index (χ2v) is 7.49. The molecule has 0 fully saturated rings. The summed E-state index contributed by atoms with van der Waals surface area (Å²) in [6.07, 6.45) is 10.5. The maximum Gasteiger partial charge on any atom is 0.353 e. The van der Waals surface area contributed by atoms with E-state index in [-0.39, 0.29) is 49.4 Å². The van der Waals surface area contributed by atoms with Crippen molar-refractivity contribution in [3.05, 3.63) is 52.2 Å². The molecule has 2 aromatic rings. The van der Waals surface area contributed by atoms with E-state index < -0.39 is 4.92 Å². The number of allylic oxidation sites excluding steroid dienone is 1. The van der Waals surface area contributed by atoms with E-state index in [1.54, 1.807) is 24.0 Å². The van der Waals surface area contributed by atoms with Crippen molar-refractivity contribution in [3.63, 3.8) is 0 Å². The van der Waals surface area contributed by atoms with Crippen molar-refractivity contribution in [1.29, 1.82) is 0 Å².